The Balaban J connectivity index is 2.47. The van der Waals surface area contributed by atoms with Crippen molar-refractivity contribution in [2.24, 2.45) is 0 Å². The van der Waals surface area contributed by atoms with Gasteiger partial charge in [0.05, 0.1) is 4.90 Å². The molecule has 1 aromatic heterocycles. The van der Waals surface area contributed by atoms with Gasteiger partial charge in [-0.05, 0) is 36.4 Å². The van der Waals surface area contributed by atoms with Crippen molar-refractivity contribution in [3.63, 3.8) is 0 Å². The highest BCUT2D eigenvalue weighted by molar-refractivity contribution is 9.10. The Labute approximate surface area is 111 Å². The third kappa shape index (κ3) is 2.32. The molecule has 1 aromatic carbocycles. The van der Waals surface area contributed by atoms with E-state index in [1.807, 2.05) is 0 Å². The van der Waals surface area contributed by atoms with Gasteiger partial charge in [-0.15, -0.1) is 0 Å². The lowest BCUT2D eigenvalue weighted by Gasteiger charge is -2.00. The first-order chi connectivity index (χ1) is 8.41. The first kappa shape index (κ1) is 12.8. The van der Waals surface area contributed by atoms with Crippen LogP contribution in [0.15, 0.2) is 55.3 Å². The zero-order valence-electron chi connectivity index (χ0n) is 8.83. The van der Waals surface area contributed by atoms with Crippen LogP contribution in [0, 0.1) is 0 Å². The quantitative estimate of drug-likeness (QED) is 0.934. The van der Waals surface area contributed by atoms with Gasteiger partial charge in [-0.3, -0.25) is 0 Å². The van der Waals surface area contributed by atoms with Crippen LogP contribution in [0.1, 0.15) is 10.6 Å². The number of aromatic carboxylic acids is 1. The highest BCUT2D eigenvalue weighted by Crippen LogP contribution is 2.24. The fourth-order valence-electron chi connectivity index (χ4n) is 1.31. The SMILES string of the molecule is O=C(O)c1ccc(S(=O)(=O)c2ccc(Br)cc2)o1. The molecular formula is C11H7BrO5S. The molecule has 0 spiro atoms. The van der Waals surface area contributed by atoms with Crippen LogP contribution in [0.25, 0.3) is 0 Å². The van der Waals surface area contributed by atoms with Crippen molar-refractivity contribution in [3.8, 4) is 0 Å². The van der Waals surface area contributed by atoms with Gasteiger partial charge in [0.15, 0.2) is 0 Å². The number of halogens is 1. The van der Waals surface area contributed by atoms with Gasteiger partial charge in [-0.2, -0.15) is 0 Å². The Kier molecular flexibility index (Phi) is 3.27. The zero-order chi connectivity index (χ0) is 13.3. The van der Waals surface area contributed by atoms with Crippen molar-refractivity contribution in [1.82, 2.24) is 0 Å². The summed E-state index contributed by atoms with van der Waals surface area (Å²) in [5, 5.41) is 8.29. The number of carboxylic acids is 1. The van der Waals surface area contributed by atoms with Gasteiger partial charge in [0.1, 0.15) is 0 Å². The van der Waals surface area contributed by atoms with Crippen LogP contribution in [0.2, 0.25) is 0 Å². The number of hydrogen-bond acceptors (Lipinski definition) is 4. The average Bonchev–Trinajstić information content (AvgIpc) is 2.79. The summed E-state index contributed by atoms with van der Waals surface area (Å²) in [7, 11) is -3.82. The molecule has 94 valence electrons. The van der Waals surface area contributed by atoms with Crippen molar-refractivity contribution in [1.29, 1.82) is 0 Å². The number of furan rings is 1. The molecule has 7 heteroatoms. The number of carboxylic acid groups (broad SMARTS) is 1. The summed E-state index contributed by atoms with van der Waals surface area (Å²) in [5.41, 5.74) is 0. The maximum Gasteiger partial charge on any atom is 0.371 e. The number of benzene rings is 1. The van der Waals surface area contributed by atoms with Gasteiger partial charge >= 0.3 is 5.97 Å². The lowest BCUT2D eigenvalue weighted by molar-refractivity contribution is 0.0656. The van der Waals surface area contributed by atoms with E-state index in [-0.39, 0.29) is 9.99 Å². The molecule has 0 unspecified atom stereocenters. The van der Waals surface area contributed by atoms with E-state index >= 15 is 0 Å². The van der Waals surface area contributed by atoms with Crippen LogP contribution in [0.4, 0.5) is 0 Å². The van der Waals surface area contributed by atoms with E-state index in [4.69, 9.17) is 9.52 Å². The van der Waals surface area contributed by atoms with Crippen LogP contribution < -0.4 is 0 Å². The van der Waals surface area contributed by atoms with E-state index in [9.17, 15) is 13.2 Å². The molecule has 1 N–H and O–H groups in total. The van der Waals surface area contributed by atoms with Gasteiger partial charge in [0.2, 0.25) is 20.7 Å². The van der Waals surface area contributed by atoms with E-state index < -0.39 is 21.6 Å². The Morgan fingerprint density at radius 2 is 1.72 bits per heavy atom. The van der Waals surface area contributed by atoms with Crippen LogP contribution in [-0.4, -0.2) is 19.5 Å². The van der Waals surface area contributed by atoms with E-state index in [0.717, 1.165) is 16.6 Å². The summed E-state index contributed by atoms with van der Waals surface area (Å²) < 4.78 is 29.7. The van der Waals surface area contributed by atoms with Crippen LogP contribution in [0.5, 0.6) is 0 Å². The second kappa shape index (κ2) is 4.58. The minimum atomic E-state index is -3.82. The standard InChI is InChI=1S/C11H7BrO5S/c12-7-1-3-8(4-2-7)18(15,16)10-6-5-9(17-10)11(13)14/h1-6H,(H,13,14). The third-order valence-electron chi connectivity index (χ3n) is 2.18. The molecule has 0 radical (unpaired) electrons. The predicted molar refractivity (Wildman–Crippen MR) is 65.3 cm³/mol. The summed E-state index contributed by atoms with van der Waals surface area (Å²) in [6.07, 6.45) is 0. The Hall–Kier alpha value is -1.60. The lowest BCUT2D eigenvalue weighted by atomic mass is 10.4. The fourth-order valence-corrected chi connectivity index (χ4v) is 2.75. The molecule has 1 heterocycles. The van der Waals surface area contributed by atoms with Crippen molar-refractivity contribution >= 4 is 31.7 Å². The lowest BCUT2D eigenvalue weighted by Crippen LogP contribution is -2.00. The summed E-state index contributed by atoms with van der Waals surface area (Å²) >= 11 is 3.20. The zero-order valence-corrected chi connectivity index (χ0v) is 11.2. The average molecular weight is 331 g/mol. The van der Waals surface area contributed by atoms with Gasteiger partial charge in [-0.25, -0.2) is 13.2 Å². The minimum absolute atomic E-state index is 0.0389. The monoisotopic (exact) mass is 330 g/mol. The van der Waals surface area contributed by atoms with Crippen LogP contribution >= 0.6 is 15.9 Å². The minimum Gasteiger partial charge on any atom is -0.475 e. The van der Waals surface area contributed by atoms with E-state index in [0.29, 0.717) is 0 Å². The molecule has 18 heavy (non-hydrogen) atoms. The van der Waals surface area contributed by atoms with Crippen molar-refractivity contribution in [2.45, 2.75) is 9.99 Å². The molecule has 0 saturated heterocycles. The molecule has 0 aliphatic rings. The predicted octanol–water partition coefficient (Wildman–Crippen LogP) is 2.57. The summed E-state index contributed by atoms with van der Waals surface area (Å²) in [6.45, 7) is 0. The number of rotatable bonds is 3. The highest BCUT2D eigenvalue weighted by atomic mass is 79.9. The summed E-state index contributed by atoms with van der Waals surface area (Å²) in [5.74, 6) is -1.72. The van der Waals surface area contributed by atoms with E-state index in [1.54, 1.807) is 12.1 Å². The number of sulfone groups is 1. The van der Waals surface area contributed by atoms with Crippen molar-refractivity contribution < 1.29 is 22.7 Å². The fraction of sp³-hybridized carbons (Fsp3) is 0. The Bertz CT molecular complexity index is 684. The van der Waals surface area contributed by atoms with Gasteiger partial charge in [-0.1, -0.05) is 15.9 Å². The third-order valence-corrected chi connectivity index (χ3v) is 4.35. The Morgan fingerprint density at radius 3 is 2.22 bits per heavy atom. The van der Waals surface area contributed by atoms with Crippen LogP contribution in [-0.2, 0) is 9.84 Å². The Morgan fingerprint density at radius 1 is 1.11 bits per heavy atom. The highest BCUT2D eigenvalue weighted by Gasteiger charge is 2.23. The molecule has 0 bridgehead atoms. The normalized spacial score (nSPS) is 11.4. The molecular weight excluding hydrogens is 324 g/mol. The van der Waals surface area contributed by atoms with Gasteiger partial charge < -0.3 is 9.52 Å². The molecule has 0 aliphatic carbocycles. The van der Waals surface area contributed by atoms with E-state index in [1.165, 1.54) is 12.1 Å². The largest absolute Gasteiger partial charge is 0.475 e. The first-order valence-corrected chi connectivity index (χ1v) is 7.02. The van der Waals surface area contributed by atoms with Gasteiger partial charge in [0.25, 0.3) is 0 Å². The second-order valence-corrected chi connectivity index (χ2v) is 6.18. The molecule has 0 atom stereocenters. The maximum absolute atomic E-state index is 12.1. The molecule has 5 nitrogen and oxygen atoms in total. The smallest absolute Gasteiger partial charge is 0.371 e. The second-order valence-electron chi connectivity index (χ2n) is 3.38. The van der Waals surface area contributed by atoms with Crippen molar-refractivity contribution in [2.75, 3.05) is 0 Å². The van der Waals surface area contributed by atoms with Gasteiger partial charge in [0, 0.05) is 4.47 Å². The number of carbonyl (C=O) groups is 1. The van der Waals surface area contributed by atoms with Crippen molar-refractivity contribution in [3.05, 3.63) is 46.6 Å². The van der Waals surface area contributed by atoms with Crippen LogP contribution in [0.3, 0.4) is 0 Å². The molecule has 0 saturated carbocycles. The molecule has 0 aliphatic heterocycles. The molecule has 0 amide bonds. The molecule has 2 aromatic rings. The molecule has 2 rings (SSSR count). The summed E-state index contributed by atoms with van der Waals surface area (Å²) in [6, 6.07) is 8.20. The number of hydrogen-bond donors (Lipinski definition) is 1. The van der Waals surface area contributed by atoms with E-state index in [2.05, 4.69) is 15.9 Å². The topological polar surface area (TPSA) is 84.6 Å². The maximum atomic E-state index is 12.1. The molecule has 0 fully saturated rings. The first-order valence-electron chi connectivity index (χ1n) is 4.75. The summed E-state index contributed by atoms with van der Waals surface area (Å²) in [4.78, 5) is 10.7.